The summed E-state index contributed by atoms with van der Waals surface area (Å²) < 4.78 is 8.89. The molecule has 0 amide bonds. The van der Waals surface area contributed by atoms with Crippen LogP contribution in [-0.4, -0.2) is 19.5 Å². The van der Waals surface area contributed by atoms with Gasteiger partial charge in [-0.1, -0.05) is 109 Å². The van der Waals surface area contributed by atoms with Crippen molar-refractivity contribution in [2.24, 2.45) is 0 Å². The molecule has 52 heavy (non-hydrogen) atoms. The third-order valence-electron chi connectivity index (χ3n) is 10.2. The van der Waals surface area contributed by atoms with Crippen LogP contribution in [0.1, 0.15) is 0 Å². The second-order valence-electron chi connectivity index (χ2n) is 13.2. The van der Waals surface area contributed by atoms with E-state index in [2.05, 4.69) is 114 Å². The second-order valence-corrected chi connectivity index (χ2v) is 13.2. The predicted molar refractivity (Wildman–Crippen MR) is 213 cm³/mol. The maximum absolute atomic E-state index is 6.54. The fraction of sp³-hybridized carbons (Fsp3) is 0. The van der Waals surface area contributed by atoms with Crippen LogP contribution in [0.3, 0.4) is 0 Å². The van der Waals surface area contributed by atoms with Gasteiger partial charge in [-0.15, -0.1) is 0 Å². The molecule has 3 heterocycles. The summed E-state index contributed by atoms with van der Waals surface area (Å²) in [5, 5.41) is 6.74. The van der Waals surface area contributed by atoms with Crippen LogP contribution in [-0.2, 0) is 0 Å². The van der Waals surface area contributed by atoms with Crippen molar-refractivity contribution in [3.05, 3.63) is 170 Å². The van der Waals surface area contributed by atoms with Crippen LogP contribution in [0.15, 0.2) is 174 Å². The molecule has 0 radical (unpaired) electrons. The molecule has 0 aliphatic carbocycles. The molecule has 0 atom stereocenters. The first-order valence-electron chi connectivity index (χ1n) is 17.4. The monoisotopic (exact) mass is 664 g/mol. The van der Waals surface area contributed by atoms with Crippen molar-refractivity contribution in [1.82, 2.24) is 19.5 Å². The zero-order valence-electron chi connectivity index (χ0n) is 27.9. The molecule has 5 nitrogen and oxygen atoms in total. The Kier molecular flexibility index (Phi) is 6.18. The van der Waals surface area contributed by atoms with Crippen molar-refractivity contribution < 1.29 is 4.42 Å². The van der Waals surface area contributed by atoms with Crippen LogP contribution in [0.4, 0.5) is 0 Å². The molecular formula is C47H28N4O. The van der Waals surface area contributed by atoms with Crippen LogP contribution < -0.4 is 0 Å². The van der Waals surface area contributed by atoms with Crippen LogP contribution in [0, 0.1) is 0 Å². The normalized spacial score (nSPS) is 11.8. The first kappa shape index (κ1) is 28.7. The second kappa shape index (κ2) is 11.2. The van der Waals surface area contributed by atoms with E-state index in [1.54, 1.807) is 0 Å². The largest absolute Gasteiger partial charge is 0.435 e. The fourth-order valence-corrected chi connectivity index (χ4v) is 7.75. The number of para-hydroxylation sites is 4. The molecule has 0 unspecified atom stereocenters. The standard InChI is InChI=1S/C47H28N4O/c1-3-11-31(12-4-1)47-50-40-26-24-30-21-19-29-20-22-32(27-37(29)43(30)46(40)52-47)44-45(49-39-17-9-8-16-38(39)48-44)33-23-25-36-35-15-7-10-18-41(35)51(42(36)28-33)34-13-5-2-6-14-34/h1-28H. The first-order valence-corrected chi connectivity index (χ1v) is 17.4. The van der Waals surface area contributed by atoms with Gasteiger partial charge in [-0.25, -0.2) is 15.0 Å². The van der Waals surface area contributed by atoms with Gasteiger partial charge in [-0.05, 0) is 76.8 Å². The highest BCUT2D eigenvalue weighted by Gasteiger charge is 2.19. The van der Waals surface area contributed by atoms with Gasteiger partial charge in [0.25, 0.3) is 0 Å². The van der Waals surface area contributed by atoms with Crippen molar-refractivity contribution in [3.8, 4) is 39.7 Å². The van der Waals surface area contributed by atoms with Crippen molar-refractivity contribution in [2.45, 2.75) is 0 Å². The predicted octanol–water partition coefficient (Wildman–Crippen LogP) is 12.2. The Bertz CT molecular complexity index is 3180. The van der Waals surface area contributed by atoms with E-state index >= 15 is 0 Å². The van der Waals surface area contributed by atoms with Crippen molar-refractivity contribution >= 4 is 65.5 Å². The number of benzene rings is 8. The number of aromatic nitrogens is 4. The molecule has 0 N–H and O–H groups in total. The Morgan fingerprint density at radius 2 is 1.02 bits per heavy atom. The summed E-state index contributed by atoms with van der Waals surface area (Å²) in [4.78, 5) is 15.5. The van der Waals surface area contributed by atoms with Gasteiger partial charge in [0.1, 0.15) is 5.52 Å². The number of hydrogen-bond acceptors (Lipinski definition) is 4. The molecule has 3 aromatic heterocycles. The summed E-state index contributed by atoms with van der Waals surface area (Å²) in [7, 11) is 0. The van der Waals surface area contributed by atoms with Crippen molar-refractivity contribution in [2.75, 3.05) is 0 Å². The minimum Gasteiger partial charge on any atom is -0.435 e. The van der Waals surface area contributed by atoms with E-state index in [0.717, 1.165) is 83.0 Å². The van der Waals surface area contributed by atoms with E-state index in [4.69, 9.17) is 19.4 Å². The third-order valence-corrected chi connectivity index (χ3v) is 10.2. The summed E-state index contributed by atoms with van der Waals surface area (Å²) in [5.74, 6) is 0.613. The fourth-order valence-electron chi connectivity index (χ4n) is 7.75. The number of fused-ring (bicyclic) bond motifs is 9. The topological polar surface area (TPSA) is 56.7 Å². The summed E-state index contributed by atoms with van der Waals surface area (Å²) in [6, 6.07) is 59.1. The lowest BCUT2D eigenvalue weighted by Crippen LogP contribution is -1.97. The molecule has 0 spiro atoms. The minimum atomic E-state index is 0.613. The molecule has 242 valence electrons. The van der Waals surface area contributed by atoms with Gasteiger partial charge in [0.15, 0.2) is 5.58 Å². The SMILES string of the molecule is c1ccc(-c2nc3ccc4ccc5ccc(-c6nc7ccccc7nc6-c6ccc7c8ccccc8n(-c8ccccc8)c7c6)cc5c4c3o2)cc1. The van der Waals surface area contributed by atoms with Crippen LogP contribution in [0.2, 0.25) is 0 Å². The first-order chi connectivity index (χ1) is 25.8. The highest BCUT2D eigenvalue weighted by Crippen LogP contribution is 2.40. The Morgan fingerprint density at radius 1 is 0.404 bits per heavy atom. The zero-order valence-corrected chi connectivity index (χ0v) is 27.9. The molecule has 11 rings (SSSR count). The minimum absolute atomic E-state index is 0.613. The van der Waals surface area contributed by atoms with E-state index in [1.807, 2.05) is 60.7 Å². The molecule has 0 saturated heterocycles. The molecular weight excluding hydrogens is 637 g/mol. The lowest BCUT2D eigenvalue weighted by molar-refractivity contribution is 0.623. The number of oxazole rings is 1. The molecule has 8 aromatic carbocycles. The van der Waals surface area contributed by atoms with Crippen molar-refractivity contribution in [1.29, 1.82) is 0 Å². The maximum Gasteiger partial charge on any atom is 0.227 e. The zero-order chi connectivity index (χ0) is 34.2. The Morgan fingerprint density at radius 3 is 1.83 bits per heavy atom. The third kappa shape index (κ3) is 4.39. The quantitative estimate of drug-likeness (QED) is 0.176. The maximum atomic E-state index is 6.54. The van der Waals surface area contributed by atoms with Crippen molar-refractivity contribution in [3.63, 3.8) is 0 Å². The lowest BCUT2D eigenvalue weighted by Gasteiger charge is -2.13. The Labute approximate surface area is 298 Å². The molecule has 0 saturated carbocycles. The average Bonchev–Trinajstić information content (AvgIpc) is 3.80. The van der Waals surface area contributed by atoms with Crippen LogP contribution in [0.25, 0.3) is 105 Å². The number of nitrogens with zero attached hydrogens (tertiary/aromatic N) is 4. The summed E-state index contributed by atoms with van der Waals surface area (Å²) in [6.45, 7) is 0. The number of rotatable bonds is 4. The van der Waals surface area contributed by atoms with E-state index in [-0.39, 0.29) is 0 Å². The highest BCUT2D eigenvalue weighted by atomic mass is 16.3. The Hall–Kier alpha value is -7.11. The van der Waals surface area contributed by atoms with E-state index in [9.17, 15) is 0 Å². The summed E-state index contributed by atoms with van der Waals surface area (Å²) in [5.41, 5.74) is 11.3. The van der Waals surface area contributed by atoms with E-state index < -0.39 is 0 Å². The lowest BCUT2D eigenvalue weighted by atomic mass is 9.96. The van der Waals surface area contributed by atoms with E-state index in [1.165, 1.54) is 16.3 Å². The molecule has 11 aromatic rings. The van der Waals surface area contributed by atoms with Gasteiger partial charge in [0, 0.05) is 38.5 Å². The molecule has 0 aliphatic heterocycles. The number of hydrogen-bond donors (Lipinski definition) is 0. The highest BCUT2D eigenvalue weighted by molar-refractivity contribution is 6.19. The van der Waals surface area contributed by atoms with Crippen LogP contribution in [0.5, 0.6) is 0 Å². The summed E-state index contributed by atoms with van der Waals surface area (Å²) in [6.07, 6.45) is 0. The molecule has 0 aliphatic rings. The van der Waals surface area contributed by atoms with E-state index in [0.29, 0.717) is 5.89 Å². The van der Waals surface area contributed by atoms with Gasteiger partial charge in [-0.2, -0.15) is 0 Å². The van der Waals surface area contributed by atoms with Gasteiger partial charge in [0.05, 0.1) is 33.5 Å². The van der Waals surface area contributed by atoms with Gasteiger partial charge >= 0.3 is 0 Å². The van der Waals surface area contributed by atoms with Gasteiger partial charge in [-0.3, -0.25) is 0 Å². The summed E-state index contributed by atoms with van der Waals surface area (Å²) >= 11 is 0. The molecule has 0 bridgehead atoms. The average molecular weight is 665 g/mol. The van der Waals surface area contributed by atoms with Gasteiger partial charge in [0.2, 0.25) is 5.89 Å². The molecule has 0 fully saturated rings. The molecule has 5 heteroatoms. The smallest absolute Gasteiger partial charge is 0.227 e. The van der Waals surface area contributed by atoms with Gasteiger partial charge < -0.3 is 8.98 Å². The van der Waals surface area contributed by atoms with Crippen LogP contribution >= 0.6 is 0 Å². The Balaban J connectivity index is 1.17.